The van der Waals surface area contributed by atoms with Gasteiger partial charge in [-0.1, -0.05) is 13.8 Å². The smallest absolute Gasteiger partial charge is 0.191 e. The van der Waals surface area contributed by atoms with Gasteiger partial charge in [0, 0.05) is 25.7 Å². The van der Waals surface area contributed by atoms with Crippen LogP contribution >= 0.6 is 0 Å². The highest BCUT2D eigenvalue weighted by atomic mass is 15.3. The highest BCUT2D eigenvalue weighted by Gasteiger charge is 2.26. The van der Waals surface area contributed by atoms with Crippen molar-refractivity contribution < 1.29 is 0 Å². The van der Waals surface area contributed by atoms with E-state index in [1.165, 1.54) is 12.8 Å². The first-order valence-electron chi connectivity index (χ1n) is 6.22. The van der Waals surface area contributed by atoms with Crippen molar-refractivity contribution in [3.8, 4) is 0 Å². The van der Waals surface area contributed by atoms with Crippen molar-refractivity contribution in [2.45, 2.75) is 32.7 Å². The Morgan fingerprint density at radius 2 is 2.19 bits per heavy atom. The first-order valence-corrected chi connectivity index (χ1v) is 6.22. The Labute approximate surface area is 99.5 Å². The van der Waals surface area contributed by atoms with Crippen LogP contribution in [0, 0.1) is 5.92 Å². The van der Waals surface area contributed by atoms with Crippen LogP contribution in [0.15, 0.2) is 4.99 Å². The second kappa shape index (κ2) is 6.09. The van der Waals surface area contributed by atoms with Crippen LogP contribution in [0.25, 0.3) is 0 Å². The Kier molecular flexibility index (Phi) is 5.06. The van der Waals surface area contributed by atoms with Gasteiger partial charge in [0.05, 0.1) is 0 Å². The summed E-state index contributed by atoms with van der Waals surface area (Å²) in [5.41, 5.74) is 6.05. The topological polar surface area (TPSA) is 44.9 Å². The van der Waals surface area contributed by atoms with E-state index in [4.69, 9.17) is 5.73 Å². The molecule has 0 amide bonds. The molecule has 94 valence electrons. The fourth-order valence-electron chi connectivity index (χ4n) is 2.12. The van der Waals surface area contributed by atoms with Gasteiger partial charge in [0.15, 0.2) is 5.96 Å². The van der Waals surface area contributed by atoms with Crippen molar-refractivity contribution in [3.05, 3.63) is 0 Å². The number of likely N-dealkylation sites (N-methyl/N-ethyl adjacent to an activating group) is 1. The fourth-order valence-corrected chi connectivity index (χ4v) is 2.12. The van der Waals surface area contributed by atoms with Crippen molar-refractivity contribution in [1.29, 1.82) is 0 Å². The summed E-state index contributed by atoms with van der Waals surface area (Å²) in [6.07, 6.45) is 2.46. The number of hydrogen-bond acceptors (Lipinski definition) is 2. The number of aliphatic imine (C=N–C) groups is 1. The van der Waals surface area contributed by atoms with E-state index in [-0.39, 0.29) is 0 Å². The van der Waals surface area contributed by atoms with Crippen molar-refractivity contribution in [3.63, 3.8) is 0 Å². The lowest BCUT2D eigenvalue weighted by molar-refractivity contribution is 0.283. The highest BCUT2D eigenvalue weighted by Crippen LogP contribution is 2.17. The molecule has 1 fully saturated rings. The maximum atomic E-state index is 6.05. The molecule has 1 rings (SSSR count). The lowest BCUT2D eigenvalue weighted by Gasteiger charge is -2.28. The predicted octanol–water partition coefficient (Wildman–Crippen LogP) is 0.983. The zero-order valence-corrected chi connectivity index (χ0v) is 11.1. The molecule has 0 bridgehead atoms. The summed E-state index contributed by atoms with van der Waals surface area (Å²) in [6.45, 7) is 7.29. The summed E-state index contributed by atoms with van der Waals surface area (Å²) in [5.74, 6) is 1.31. The van der Waals surface area contributed by atoms with E-state index in [0.29, 0.717) is 12.0 Å². The minimum Gasteiger partial charge on any atom is -0.370 e. The van der Waals surface area contributed by atoms with Gasteiger partial charge in [-0.2, -0.15) is 0 Å². The highest BCUT2D eigenvalue weighted by molar-refractivity contribution is 5.78. The van der Waals surface area contributed by atoms with Crippen LogP contribution in [-0.2, 0) is 0 Å². The molecule has 0 saturated carbocycles. The first kappa shape index (κ1) is 13.3. The van der Waals surface area contributed by atoms with Gasteiger partial charge in [-0.15, -0.1) is 0 Å². The van der Waals surface area contributed by atoms with Crippen LogP contribution < -0.4 is 5.73 Å². The molecule has 1 aliphatic rings. The molecule has 4 heteroatoms. The van der Waals surface area contributed by atoms with E-state index in [9.17, 15) is 0 Å². The quantitative estimate of drug-likeness (QED) is 0.574. The summed E-state index contributed by atoms with van der Waals surface area (Å²) in [7, 11) is 4.22. The lowest BCUT2D eigenvalue weighted by atomic mass is 10.2. The van der Waals surface area contributed by atoms with E-state index in [1.54, 1.807) is 0 Å². The number of nitrogens with zero attached hydrogens (tertiary/aromatic N) is 3. The third kappa shape index (κ3) is 4.00. The number of nitrogens with two attached hydrogens (primary N) is 1. The molecule has 1 unspecified atom stereocenters. The van der Waals surface area contributed by atoms with Crippen LogP contribution in [0.4, 0.5) is 0 Å². The van der Waals surface area contributed by atoms with Gasteiger partial charge in [-0.3, -0.25) is 4.99 Å². The maximum Gasteiger partial charge on any atom is 0.191 e. The Hall–Kier alpha value is -0.770. The van der Waals surface area contributed by atoms with E-state index < -0.39 is 0 Å². The Bertz CT molecular complexity index is 235. The van der Waals surface area contributed by atoms with Crippen LogP contribution in [0.1, 0.15) is 26.7 Å². The van der Waals surface area contributed by atoms with Crippen molar-refractivity contribution in [2.24, 2.45) is 16.6 Å². The second-order valence-corrected chi connectivity index (χ2v) is 5.34. The van der Waals surface area contributed by atoms with Crippen LogP contribution in [0.5, 0.6) is 0 Å². The Balaban J connectivity index is 2.53. The van der Waals surface area contributed by atoms with Crippen LogP contribution in [0.2, 0.25) is 0 Å². The number of likely N-dealkylation sites (tertiary alicyclic amines) is 1. The normalized spacial score (nSPS) is 22.5. The zero-order chi connectivity index (χ0) is 12.1. The minimum atomic E-state index is 0.547. The SMILES string of the molecule is CC(C)CN=C(N)N1CCCC1CN(C)C. The van der Waals surface area contributed by atoms with Crippen molar-refractivity contribution in [2.75, 3.05) is 33.7 Å². The van der Waals surface area contributed by atoms with E-state index in [1.807, 2.05) is 0 Å². The van der Waals surface area contributed by atoms with Gasteiger partial charge in [0.2, 0.25) is 0 Å². The predicted molar refractivity (Wildman–Crippen MR) is 69.6 cm³/mol. The fraction of sp³-hybridized carbons (Fsp3) is 0.917. The third-order valence-electron chi connectivity index (χ3n) is 2.87. The molecule has 1 atom stereocenters. The molecule has 1 heterocycles. The summed E-state index contributed by atoms with van der Waals surface area (Å²) in [5, 5.41) is 0. The average Bonchev–Trinajstić information content (AvgIpc) is 2.61. The molecule has 0 aliphatic carbocycles. The second-order valence-electron chi connectivity index (χ2n) is 5.34. The van der Waals surface area contributed by atoms with Crippen molar-refractivity contribution >= 4 is 5.96 Å². The molecule has 1 saturated heterocycles. The van der Waals surface area contributed by atoms with Gasteiger partial charge in [-0.25, -0.2) is 0 Å². The van der Waals surface area contributed by atoms with Gasteiger partial charge in [0.25, 0.3) is 0 Å². The lowest BCUT2D eigenvalue weighted by Crippen LogP contribution is -2.45. The third-order valence-corrected chi connectivity index (χ3v) is 2.87. The van der Waals surface area contributed by atoms with Crippen LogP contribution in [0.3, 0.4) is 0 Å². The molecule has 0 spiro atoms. The molecular formula is C12H26N4. The molecule has 2 N–H and O–H groups in total. The van der Waals surface area contributed by atoms with Gasteiger partial charge < -0.3 is 15.5 Å². The summed E-state index contributed by atoms with van der Waals surface area (Å²) < 4.78 is 0. The molecule has 4 nitrogen and oxygen atoms in total. The van der Waals surface area contributed by atoms with Gasteiger partial charge in [-0.05, 0) is 32.9 Å². The summed E-state index contributed by atoms with van der Waals surface area (Å²) >= 11 is 0. The Morgan fingerprint density at radius 1 is 1.50 bits per heavy atom. The monoisotopic (exact) mass is 226 g/mol. The number of hydrogen-bond donors (Lipinski definition) is 1. The summed E-state index contributed by atoms with van der Waals surface area (Å²) in [6, 6.07) is 0.547. The maximum absolute atomic E-state index is 6.05. The van der Waals surface area contributed by atoms with Gasteiger partial charge in [0.1, 0.15) is 0 Å². The summed E-state index contributed by atoms with van der Waals surface area (Å²) in [4.78, 5) is 8.95. The molecule has 16 heavy (non-hydrogen) atoms. The zero-order valence-electron chi connectivity index (χ0n) is 11.1. The first-order chi connectivity index (χ1) is 7.50. The van der Waals surface area contributed by atoms with E-state index >= 15 is 0 Å². The molecule has 0 aromatic rings. The molecular weight excluding hydrogens is 200 g/mol. The van der Waals surface area contributed by atoms with Gasteiger partial charge >= 0.3 is 0 Å². The Morgan fingerprint density at radius 3 is 2.75 bits per heavy atom. The largest absolute Gasteiger partial charge is 0.370 e. The molecule has 1 aliphatic heterocycles. The van der Waals surface area contributed by atoms with E-state index in [0.717, 1.165) is 25.6 Å². The van der Waals surface area contributed by atoms with Crippen LogP contribution in [-0.4, -0.2) is 55.5 Å². The standard InChI is InChI=1S/C12H26N4/c1-10(2)8-14-12(13)16-7-5-6-11(16)9-15(3)4/h10-11H,5-9H2,1-4H3,(H2,13,14). The molecule has 0 aromatic heterocycles. The number of rotatable bonds is 4. The molecule has 0 aromatic carbocycles. The molecule has 0 radical (unpaired) electrons. The van der Waals surface area contributed by atoms with Crippen molar-refractivity contribution in [1.82, 2.24) is 9.80 Å². The average molecular weight is 226 g/mol. The number of guanidine groups is 1. The minimum absolute atomic E-state index is 0.547. The van der Waals surface area contributed by atoms with E-state index in [2.05, 4.69) is 42.7 Å².